The van der Waals surface area contributed by atoms with Crippen LogP contribution in [0.5, 0.6) is 0 Å². The van der Waals surface area contributed by atoms with E-state index in [1.807, 2.05) is 6.07 Å². The second-order valence-electron chi connectivity index (χ2n) is 8.95. The maximum Gasteiger partial charge on any atom is 0.242 e. The van der Waals surface area contributed by atoms with Gasteiger partial charge in [-0.05, 0) is 31.4 Å². The van der Waals surface area contributed by atoms with Crippen LogP contribution in [0.4, 0.5) is 0 Å². The summed E-state index contributed by atoms with van der Waals surface area (Å²) in [5.74, 6) is 1.89. The molecular formula is C23H34ClN5O. The summed E-state index contributed by atoms with van der Waals surface area (Å²) in [6.07, 6.45) is 7.39. The third-order valence-corrected chi connectivity index (χ3v) is 7.13. The first-order chi connectivity index (χ1) is 14.3. The van der Waals surface area contributed by atoms with Gasteiger partial charge in [0.05, 0.1) is 11.0 Å². The summed E-state index contributed by atoms with van der Waals surface area (Å²) in [5, 5.41) is 3.42. The average molecular weight is 432 g/mol. The largest absolute Gasteiger partial charge is 0.340 e. The van der Waals surface area contributed by atoms with E-state index in [1.165, 1.54) is 32.1 Å². The number of carbonyl (C=O) groups is 1. The van der Waals surface area contributed by atoms with Crippen molar-refractivity contribution in [3.05, 3.63) is 30.1 Å². The SMILES string of the molecule is Cl.O=C(Cn1c(C2CCCCC2)nc2ccccc21)N1CCC(N2CCNCC2)C1. The number of hydrogen-bond donors (Lipinski definition) is 1. The molecule has 3 fully saturated rings. The predicted octanol–water partition coefficient (Wildman–Crippen LogP) is 3.01. The van der Waals surface area contributed by atoms with Gasteiger partial charge in [0.2, 0.25) is 5.91 Å². The van der Waals surface area contributed by atoms with Crippen LogP contribution in [-0.2, 0) is 11.3 Å². The van der Waals surface area contributed by atoms with Crippen LogP contribution in [0.1, 0.15) is 50.3 Å². The Balaban J connectivity index is 0.00000218. The highest BCUT2D eigenvalue weighted by molar-refractivity contribution is 5.85. The highest BCUT2D eigenvalue weighted by atomic mass is 35.5. The number of nitrogens with one attached hydrogen (secondary N) is 1. The van der Waals surface area contributed by atoms with Crippen molar-refractivity contribution in [2.24, 2.45) is 0 Å². The highest BCUT2D eigenvalue weighted by Gasteiger charge is 2.32. The van der Waals surface area contributed by atoms with Gasteiger partial charge in [0.25, 0.3) is 0 Å². The Morgan fingerprint density at radius 1 is 1.03 bits per heavy atom. The molecule has 1 atom stereocenters. The number of amides is 1. The topological polar surface area (TPSA) is 53.4 Å². The molecule has 0 bridgehead atoms. The summed E-state index contributed by atoms with van der Waals surface area (Å²) in [5.41, 5.74) is 2.14. The first kappa shape index (κ1) is 21.6. The van der Waals surface area contributed by atoms with Crippen LogP contribution >= 0.6 is 12.4 Å². The van der Waals surface area contributed by atoms with Crippen molar-refractivity contribution in [3.63, 3.8) is 0 Å². The fourth-order valence-electron chi connectivity index (χ4n) is 5.48. The summed E-state index contributed by atoms with van der Waals surface area (Å²) in [6, 6.07) is 8.84. The minimum absolute atomic E-state index is 0. The van der Waals surface area contributed by atoms with Gasteiger partial charge >= 0.3 is 0 Å². The lowest BCUT2D eigenvalue weighted by Crippen LogP contribution is -2.49. The fraction of sp³-hybridized carbons (Fsp3) is 0.652. The summed E-state index contributed by atoms with van der Waals surface area (Å²) in [6.45, 7) is 6.53. The first-order valence-electron chi connectivity index (χ1n) is 11.5. The molecule has 1 unspecified atom stereocenters. The van der Waals surface area contributed by atoms with E-state index < -0.39 is 0 Å². The second-order valence-corrected chi connectivity index (χ2v) is 8.95. The number of hydrogen-bond acceptors (Lipinski definition) is 4. The Morgan fingerprint density at radius 3 is 2.60 bits per heavy atom. The maximum atomic E-state index is 13.3. The third kappa shape index (κ3) is 4.36. The van der Waals surface area contributed by atoms with Crippen molar-refractivity contribution in [2.75, 3.05) is 39.3 Å². The molecule has 3 heterocycles. The molecule has 7 heteroatoms. The minimum Gasteiger partial charge on any atom is -0.340 e. The number of para-hydroxylation sites is 2. The number of rotatable bonds is 4. The van der Waals surface area contributed by atoms with Gasteiger partial charge in [-0.2, -0.15) is 0 Å². The van der Waals surface area contributed by atoms with Crippen molar-refractivity contribution in [1.29, 1.82) is 0 Å². The third-order valence-electron chi connectivity index (χ3n) is 7.13. The lowest BCUT2D eigenvalue weighted by atomic mass is 9.88. The average Bonchev–Trinajstić information content (AvgIpc) is 3.41. The number of fused-ring (bicyclic) bond motifs is 1. The maximum absolute atomic E-state index is 13.3. The van der Waals surface area contributed by atoms with Crippen LogP contribution in [0.15, 0.2) is 24.3 Å². The molecule has 1 aromatic carbocycles. The van der Waals surface area contributed by atoms with Crippen molar-refractivity contribution < 1.29 is 4.79 Å². The molecule has 6 nitrogen and oxygen atoms in total. The molecule has 3 aliphatic rings. The van der Waals surface area contributed by atoms with Crippen LogP contribution in [0, 0.1) is 0 Å². The van der Waals surface area contributed by atoms with Gasteiger partial charge in [0, 0.05) is 51.2 Å². The number of carbonyl (C=O) groups excluding carboxylic acids is 1. The molecule has 0 radical (unpaired) electrons. The van der Waals surface area contributed by atoms with E-state index in [9.17, 15) is 4.79 Å². The molecule has 2 aromatic rings. The number of likely N-dealkylation sites (tertiary alicyclic amines) is 1. The van der Waals surface area contributed by atoms with Gasteiger partial charge in [0.1, 0.15) is 12.4 Å². The van der Waals surface area contributed by atoms with Crippen LogP contribution in [0.25, 0.3) is 11.0 Å². The van der Waals surface area contributed by atoms with E-state index >= 15 is 0 Å². The predicted molar refractivity (Wildman–Crippen MR) is 122 cm³/mol. The zero-order valence-corrected chi connectivity index (χ0v) is 18.6. The molecule has 30 heavy (non-hydrogen) atoms. The van der Waals surface area contributed by atoms with Gasteiger partial charge in [-0.1, -0.05) is 31.4 Å². The lowest BCUT2D eigenvalue weighted by Gasteiger charge is -2.32. The molecule has 1 aliphatic carbocycles. The zero-order chi connectivity index (χ0) is 19.6. The fourth-order valence-corrected chi connectivity index (χ4v) is 5.48. The Morgan fingerprint density at radius 2 is 1.80 bits per heavy atom. The highest BCUT2D eigenvalue weighted by Crippen LogP contribution is 2.34. The number of aromatic nitrogens is 2. The first-order valence-corrected chi connectivity index (χ1v) is 11.5. The number of nitrogens with zero attached hydrogens (tertiary/aromatic N) is 4. The molecule has 164 valence electrons. The molecule has 1 saturated carbocycles. The summed E-state index contributed by atoms with van der Waals surface area (Å²) in [4.78, 5) is 22.9. The van der Waals surface area contributed by atoms with E-state index in [0.717, 1.165) is 62.5 Å². The van der Waals surface area contributed by atoms with Crippen LogP contribution in [-0.4, -0.2) is 70.6 Å². The van der Waals surface area contributed by atoms with Gasteiger partial charge < -0.3 is 14.8 Å². The lowest BCUT2D eigenvalue weighted by molar-refractivity contribution is -0.131. The Labute approximate surface area is 185 Å². The van der Waals surface area contributed by atoms with Gasteiger partial charge in [-0.25, -0.2) is 4.98 Å². The summed E-state index contributed by atoms with van der Waals surface area (Å²) in [7, 11) is 0. The quantitative estimate of drug-likeness (QED) is 0.808. The molecule has 1 N–H and O–H groups in total. The van der Waals surface area contributed by atoms with E-state index in [2.05, 4.69) is 37.9 Å². The zero-order valence-electron chi connectivity index (χ0n) is 17.8. The standard InChI is InChI=1S/C23H33N5O.ClH/c29-22(27-13-10-19(16-27)26-14-11-24-12-15-26)17-28-21-9-5-4-8-20(21)25-23(28)18-6-2-1-3-7-18;/h4-5,8-9,18-19,24H,1-3,6-7,10-17H2;1H. The Hall–Kier alpha value is -1.63. The monoisotopic (exact) mass is 431 g/mol. The number of benzene rings is 1. The number of halogens is 1. The minimum atomic E-state index is 0. The molecular weight excluding hydrogens is 398 g/mol. The van der Waals surface area contributed by atoms with E-state index in [1.54, 1.807) is 0 Å². The smallest absolute Gasteiger partial charge is 0.242 e. The molecule has 1 aromatic heterocycles. The van der Waals surface area contributed by atoms with Crippen LogP contribution in [0.2, 0.25) is 0 Å². The van der Waals surface area contributed by atoms with Gasteiger partial charge in [0.15, 0.2) is 0 Å². The van der Waals surface area contributed by atoms with Crippen LogP contribution in [0.3, 0.4) is 0 Å². The number of imidazole rings is 1. The summed E-state index contributed by atoms with van der Waals surface area (Å²) < 4.78 is 2.23. The van der Waals surface area contributed by atoms with Gasteiger partial charge in [-0.3, -0.25) is 9.69 Å². The molecule has 2 saturated heterocycles. The van der Waals surface area contributed by atoms with Crippen molar-refractivity contribution in [3.8, 4) is 0 Å². The molecule has 1 amide bonds. The molecule has 5 rings (SSSR count). The van der Waals surface area contributed by atoms with Gasteiger partial charge in [-0.15, -0.1) is 12.4 Å². The Kier molecular flexibility index (Phi) is 6.96. The van der Waals surface area contributed by atoms with Crippen molar-refractivity contribution in [2.45, 2.75) is 57.0 Å². The van der Waals surface area contributed by atoms with Crippen molar-refractivity contribution in [1.82, 2.24) is 24.7 Å². The summed E-state index contributed by atoms with van der Waals surface area (Å²) >= 11 is 0. The number of piperazine rings is 1. The van der Waals surface area contributed by atoms with E-state index in [4.69, 9.17) is 4.98 Å². The van der Waals surface area contributed by atoms with E-state index in [0.29, 0.717) is 18.5 Å². The van der Waals surface area contributed by atoms with Crippen LogP contribution < -0.4 is 5.32 Å². The normalized spacial score (nSPS) is 23.6. The van der Waals surface area contributed by atoms with E-state index in [-0.39, 0.29) is 18.3 Å². The van der Waals surface area contributed by atoms with Crippen molar-refractivity contribution >= 4 is 29.3 Å². The second kappa shape index (κ2) is 9.67. The molecule has 2 aliphatic heterocycles. The Bertz CT molecular complexity index is 856. The molecule has 0 spiro atoms.